The number of benzene rings is 2. The van der Waals surface area contributed by atoms with Gasteiger partial charge < -0.3 is 24.8 Å². The molecular formula is C31H38F3N5O3S. The van der Waals surface area contributed by atoms with Gasteiger partial charge in [-0.25, -0.2) is 13.6 Å². The van der Waals surface area contributed by atoms with Crippen molar-refractivity contribution >= 4 is 32.3 Å². The van der Waals surface area contributed by atoms with Gasteiger partial charge in [-0.3, -0.25) is 0 Å². The van der Waals surface area contributed by atoms with E-state index in [9.17, 15) is 21.6 Å². The van der Waals surface area contributed by atoms with Gasteiger partial charge in [0.2, 0.25) is 10.0 Å². The van der Waals surface area contributed by atoms with Gasteiger partial charge in [0.15, 0.2) is 0 Å². The third-order valence-electron chi connectivity index (χ3n) is 8.33. The van der Waals surface area contributed by atoms with Gasteiger partial charge in [0.1, 0.15) is 12.3 Å². The normalized spacial score (nSPS) is 19.9. The van der Waals surface area contributed by atoms with E-state index in [1.54, 1.807) is 18.2 Å². The molecule has 8 nitrogen and oxygen atoms in total. The van der Waals surface area contributed by atoms with Gasteiger partial charge in [0.05, 0.1) is 35.4 Å². The van der Waals surface area contributed by atoms with Crippen molar-refractivity contribution in [2.75, 3.05) is 37.4 Å². The minimum absolute atomic E-state index is 0.0873. The minimum atomic E-state index is -4.42. The van der Waals surface area contributed by atoms with Gasteiger partial charge >= 0.3 is 6.18 Å². The molecule has 0 radical (unpaired) electrons. The van der Waals surface area contributed by atoms with Crippen molar-refractivity contribution in [3.63, 3.8) is 0 Å². The molecule has 2 aromatic carbocycles. The molecule has 2 fully saturated rings. The molecule has 1 aliphatic carbocycles. The summed E-state index contributed by atoms with van der Waals surface area (Å²) in [4.78, 5) is 2.53. The maximum absolute atomic E-state index is 13.6. The second-order valence-corrected chi connectivity index (χ2v) is 12.8. The number of rotatable bonds is 8. The minimum Gasteiger partial charge on any atom is -0.495 e. The van der Waals surface area contributed by atoms with Crippen molar-refractivity contribution in [2.24, 2.45) is 5.14 Å². The first-order valence-electron chi connectivity index (χ1n) is 14.6. The lowest BCUT2D eigenvalue weighted by atomic mass is 9.89. The zero-order chi connectivity index (χ0) is 30.6. The number of nitrogens with two attached hydrogens (primary N) is 1. The van der Waals surface area contributed by atoms with Crippen LogP contribution in [-0.2, 0) is 16.6 Å². The van der Waals surface area contributed by atoms with Crippen LogP contribution in [0.25, 0.3) is 10.9 Å². The highest BCUT2D eigenvalue weighted by Crippen LogP contribution is 2.33. The molecular weight excluding hydrogens is 579 g/mol. The molecule has 3 aromatic rings. The van der Waals surface area contributed by atoms with Gasteiger partial charge in [-0.2, -0.15) is 13.2 Å². The Labute approximate surface area is 250 Å². The molecule has 1 aliphatic heterocycles. The molecule has 0 spiro atoms. The molecule has 4 N–H and O–H groups in total. The van der Waals surface area contributed by atoms with E-state index < -0.39 is 22.7 Å². The molecule has 5 rings (SSSR count). The van der Waals surface area contributed by atoms with Crippen LogP contribution >= 0.6 is 0 Å². The number of primary sulfonamides is 1. The van der Waals surface area contributed by atoms with E-state index >= 15 is 0 Å². The maximum Gasteiger partial charge on any atom is 0.406 e. The zero-order valence-corrected chi connectivity index (χ0v) is 25.0. The first kappa shape index (κ1) is 31.0. The highest BCUT2D eigenvalue weighted by atomic mass is 32.2. The Kier molecular flexibility index (Phi) is 9.44. The van der Waals surface area contributed by atoms with Crippen LogP contribution in [0.5, 0.6) is 5.75 Å². The van der Waals surface area contributed by atoms with Crippen molar-refractivity contribution in [3.05, 3.63) is 48.2 Å². The third kappa shape index (κ3) is 7.77. The van der Waals surface area contributed by atoms with Crippen LogP contribution in [0.4, 0.5) is 24.5 Å². The first-order chi connectivity index (χ1) is 20.5. The second-order valence-electron chi connectivity index (χ2n) is 11.3. The molecule has 1 saturated heterocycles. The van der Waals surface area contributed by atoms with Crippen LogP contribution < -0.4 is 20.5 Å². The van der Waals surface area contributed by atoms with Crippen molar-refractivity contribution in [1.82, 2.24) is 9.47 Å². The summed E-state index contributed by atoms with van der Waals surface area (Å²) in [7, 11) is -2.51. The Morgan fingerprint density at radius 3 is 2.44 bits per heavy atom. The number of fused-ring (bicyclic) bond motifs is 1. The molecule has 1 aromatic heterocycles. The first-order valence-corrected chi connectivity index (χ1v) is 16.2. The maximum atomic E-state index is 13.6. The summed E-state index contributed by atoms with van der Waals surface area (Å²) in [5.74, 6) is 6.05. The number of halogens is 3. The second kappa shape index (κ2) is 13.1. The van der Waals surface area contributed by atoms with Crippen LogP contribution in [0.2, 0.25) is 0 Å². The number of alkyl halides is 3. The Bertz CT molecular complexity index is 1600. The van der Waals surface area contributed by atoms with Crippen molar-refractivity contribution in [2.45, 2.75) is 74.6 Å². The standard InChI is InChI=1S/C31H38F3N5O3S/c1-42-30-20-25(43(35,40)41)14-15-28(30)36-16-6-7-24-19-26-27(8-5-9-29(26)39(24)21-31(32,33)34)37-22-10-12-23(13-11-22)38-17-3-2-4-18-38/h5,8-9,14-15,19-20,22-23,36-37H,2-4,10-13,16-18,21H2,1H3,(H2,35,40,41)/t22-,23+. The lowest BCUT2D eigenvalue weighted by Gasteiger charge is -2.39. The summed E-state index contributed by atoms with van der Waals surface area (Å²) < 4.78 is 70.6. The molecule has 232 valence electrons. The molecule has 1 saturated carbocycles. The summed E-state index contributed by atoms with van der Waals surface area (Å²) in [5.41, 5.74) is 2.03. The smallest absolute Gasteiger partial charge is 0.406 e. The SMILES string of the molecule is COc1cc(S(N)(=O)=O)ccc1NCC#Cc1cc2c(N[C@H]3CC[C@@H](N4CCCCC4)CC3)cccc2n1CC(F)(F)F. The van der Waals surface area contributed by atoms with Crippen molar-refractivity contribution in [3.8, 4) is 17.6 Å². The van der Waals surface area contributed by atoms with Crippen molar-refractivity contribution < 1.29 is 26.3 Å². The Balaban J connectivity index is 1.33. The quantitative estimate of drug-likeness (QED) is 0.288. The Morgan fingerprint density at radius 2 is 1.77 bits per heavy atom. The van der Waals surface area contributed by atoms with E-state index in [0.717, 1.165) is 31.4 Å². The van der Waals surface area contributed by atoms with Crippen LogP contribution in [0.3, 0.4) is 0 Å². The van der Waals surface area contributed by atoms with Crippen LogP contribution in [-0.4, -0.2) is 62.9 Å². The molecule has 0 amide bonds. The number of nitrogens with zero attached hydrogens (tertiary/aromatic N) is 2. The fourth-order valence-corrected chi connectivity index (χ4v) is 6.75. The highest BCUT2D eigenvalue weighted by molar-refractivity contribution is 7.89. The number of hydrogen-bond acceptors (Lipinski definition) is 6. The Hall–Kier alpha value is -3.40. The number of likely N-dealkylation sites (tertiary alicyclic amines) is 1. The number of anilines is 2. The number of sulfonamides is 1. The van der Waals surface area contributed by atoms with Crippen molar-refractivity contribution in [1.29, 1.82) is 0 Å². The summed E-state index contributed by atoms with van der Waals surface area (Å²) >= 11 is 0. The Morgan fingerprint density at radius 1 is 1.02 bits per heavy atom. The van der Waals surface area contributed by atoms with E-state index in [0.29, 0.717) is 22.6 Å². The van der Waals surface area contributed by atoms with E-state index in [4.69, 9.17) is 9.88 Å². The third-order valence-corrected chi connectivity index (χ3v) is 9.24. The lowest BCUT2D eigenvalue weighted by molar-refractivity contribution is -0.140. The number of piperidine rings is 1. The van der Waals surface area contributed by atoms with Gasteiger partial charge in [-0.15, -0.1) is 0 Å². The average molecular weight is 618 g/mol. The van der Waals surface area contributed by atoms with Gasteiger partial charge in [-0.05, 0) is 87.9 Å². The van der Waals surface area contributed by atoms with E-state index in [2.05, 4.69) is 27.4 Å². The number of ether oxygens (including phenoxy) is 1. The molecule has 43 heavy (non-hydrogen) atoms. The summed E-state index contributed by atoms with van der Waals surface area (Å²) in [5, 5.41) is 12.6. The largest absolute Gasteiger partial charge is 0.495 e. The number of methoxy groups -OCH3 is 1. The van der Waals surface area contributed by atoms with Crippen LogP contribution in [0, 0.1) is 11.8 Å². The fraction of sp³-hybridized carbons (Fsp3) is 0.484. The summed E-state index contributed by atoms with van der Waals surface area (Å²) in [6, 6.07) is 12.2. The number of hydrogen-bond donors (Lipinski definition) is 3. The average Bonchev–Trinajstić information content (AvgIpc) is 3.32. The monoisotopic (exact) mass is 617 g/mol. The molecule has 2 aliphatic rings. The van der Waals surface area contributed by atoms with Gasteiger partial charge in [0.25, 0.3) is 0 Å². The zero-order valence-electron chi connectivity index (χ0n) is 24.2. The predicted octanol–water partition coefficient (Wildman–Crippen LogP) is 5.53. The molecule has 0 bridgehead atoms. The molecule has 2 heterocycles. The topological polar surface area (TPSA) is 102 Å². The lowest BCUT2D eigenvalue weighted by Crippen LogP contribution is -2.43. The van der Waals surface area contributed by atoms with E-state index in [1.165, 1.54) is 62.2 Å². The molecule has 12 heteroatoms. The number of nitrogens with one attached hydrogen (secondary N) is 2. The predicted molar refractivity (Wildman–Crippen MR) is 163 cm³/mol. The fourth-order valence-electron chi connectivity index (χ4n) is 6.22. The molecule has 0 atom stereocenters. The molecule has 0 unspecified atom stereocenters. The van der Waals surface area contributed by atoms with E-state index in [1.807, 2.05) is 6.07 Å². The van der Waals surface area contributed by atoms with Crippen LogP contribution in [0.15, 0.2) is 47.4 Å². The highest BCUT2D eigenvalue weighted by Gasteiger charge is 2.30. The van der Waals surface area contributed by atoms with Gasteiger partial charge in [0, 0.05) is 29.2 Å². The summed E-state index contributed by atoms with van der Waals surface area (Å²) in [6.07, 6.45) is 3.76. The van der Waals surface area contributed by atoms with E-state index in [-0.39, 0.29) is 28.9 Å². The summed E-state index contributed by atoms with van der Waals surface area (Å²) in [6.45, 7) is 1.31. The van der Waals surface area contributed by atoms with Crippen LogP contribution in [0.1, 0.15) is 50.6 Å². The van der Waals surface area contributed by atoms with Gasteiger partial charge in [-0.1, -0.05) is 18.4 Å². The number of aromatic nitrogens is 1.